The first-order valence-electron chi connectivity index (χ1n) is 16.2. The van der Waals surface area contributed by atoms with Gasteiger partial charge in [-0.3, -0.25) is 4.90 Å². The number of likely N-dealkylation sites (N-methyl/N-ethyl adjacent to an activating group) is 1. The van der Waals surface area contributed by atoms with E-state index in [1.54, 1.807) is 5.57 Å². The summed E-state index contributed by atoms with van der Waals surface area (Å²) >= 11 is 0. The highest BCUT2D eigenvalue weighted by molar-refractivity contribution is 5.75. The molecule has 0 bridgehead atoms. The van der Waals surface area contributed by atoms with Crippen molar-refractivity contribution in [3.63, 3.8) is 0 Å². The Morgan fingerprint density at radius 3 is 2.33 bits per heavy atom. The van der Waals surface area contributed by atoms with Crippen LogP contribution in [0, 0.1) is 6.92 Å². The Kier molecular flexibility index (Phi) is 9.41. The lowest BCUT2D eigenvalue weighted by Gasteiger charge is -2.37. The summed E-state index contributed by atoms with van der Waals surface area (Å²) in [6.07, 6.45) is 21.4. The van der Waals surface area contributed by atoms with E-state index in [1.165, 1.54) is 116 Å². The fourth-order valence-corrected chi connectivity index (χ4v) is 7.47. The van der Waals surface area contributed by atoms with E-state index in [-0.39, 0.29) is 0 Å². The van der Waals surface area contributed by atoms with E-state index in [1.807, 2.05) is 0 Å². The molecule has 0 unspecified atom stereocenters. The topological polar surface area (TPSA) is 9.72 Å². The van der Waals surface area contributed by atoms with Crippen molar-refractivity contribution in [3.05, 3.63) is 81.7 Å². The molecule has 0 amide bonds. The normalized spacial score (nSPS) is 21.4. The van der Waals surface area contributed by atoms with Crippen LogP contribution in [0.25, 0.3) is 5.57 Å². The lowest BCUT2D eigenvalue weighted by molar-refractivity contribution is 0.245. The third-order valence-corrected chi connectivity index (χ3v) is 10.2. The van der Waals surface area contributed by atoms with Crippen LogP contribution >= 0.6 is 0 Å². The number of rotatable bonds is 8. The monoisotopic (exact) mass is 539 g/mol. The van der Waals surface area contributed by atoms with Gasteiger partial charge in [0.1, 0.15) is 0 Å². The molecule has 0 radical (unpaired) electrons. The number of allylic oxidation sites excluding steroid dienone is 7. The second kappa shape index (κ2) is 13.0. The average molecular weight is 540 g/mol. The minimum Gasteiger partial charge on any atom is -0.369 e. The molecule has 0 aromatic heterocycles. The number of hydrogen-bond donors (Lipinski definition) is 0. The molecule has 0 spiro atoms. The molecule has 2 aliphatic carbocycles. The van der Waals surface area contributed by atoms with Gasteiger partial charge in [0, 0.05) is 49.7 Å². The molecule has 4 aliphatic rings. The number of anilines is 1. The number of nitrogens with zero attached hydrogens (tertiary/aromatic N) is 3. The maximum atomic E-state index is 4.51. The summed E-state index contributed by atoms with van der Waals surface area (Å²) in [6.45, 7) is 18.5. The van der Waals surface area contributed by atoms with Gasteiger partial charge in [-0.25, -0.2) is 0 Å². The molecule has 2 aliphatic heterocycles. The van der Waals surface area contributed by atoms with Crippen molar-refractivity contribution in [1.82, 2.24) is 9.80 Å². The predicted octanol–water partition coefficient (Wildman–Crippen LogP) is 8.97. The van der Waals surface area contributed by atoms with E-state index < -0.39 is 0 Å². The minimum atomic E-state index is 0.666. The van der Waals surface area contributed by atoms with Crippen LogP contribution in [0.4, 0.5) is 5.69 Å². The quantitative estimate of drug-likeness (QED) is 0.326. The molecule has 2 heterocycles. The summed E-state index contributed by atoms with van der Waals surface area (Å²) in [7, 11) is 2.15. The molecule has 0 N–H and O–H groups in total. The molecule has 5 rings (SSSR count). The maximum Gasteiger partial charge on any atom is 0.0407 e. The van der Waals surface area contributed by atoms with Gasteiger partial charge in [-0.2, -0.15) is 0 Å². The Morgan fingerprint density at radius 1 is 0.925 bits per heavy atom. The zero-order valence-corrected chi connectivity index (χ0v) is 26.1. The van der Waals surface area contributed by atoms with Gasteiger partial charge in [-0.1, -0.05) is 56.1 Å². The first kappa shape index (κ1) is 29.0. The van der Waals surface area contributed by atoms with Crippen LogP contribution in [-0.2, 0) is 6.42 Å². The van der Waals surface area contributed by atoms with Crippen molar-refractivity contribution in [3.8, 4) is 0 Å². The van der Waals surface area contributed by atoms with Gasteiger partial charge in [0.05, 0.1) is 0 Å². The number of likely N-dealkylation sites (tertiary alicyclic amines) is 1. The molecule has 40 heavy (non-hydrogen) atoms. The van der Waals surface area contributed by atoms with E-state index >= 15 is 0 Å². The van der Waals surface area contributed by atoms with Gasteiger partial charge < -0.3 is 9.80 Å². The summed E-state index contributed by atoms with van der Waals surface area (Å²) in [5, 5.41) is 0. The van der Waals surface area contributed by atoms with Gasteiger partial charge >= 0.3 is 0 Å². The fraction of sp³-hybridized carbons (Fsp3) is 0.568. The first-order chi connectivity index (χ1) is 19.4. The highest BCUT2D eigenvalue weighted by Gasteiger charge is 2.25. The van der Waals surface area contributed by atoms with Crippen molar-refractivity contribution >= 4 is 11.3 Å². The van der Waals surface area contributed by atoms with E-state index in [0.29, 0.717) is 6.04 Å². The van der Waals surface area contributed by atoms with Gasteiger partial charge in [0.2, 0.25) is 0 Å². The molecule has 2 fully saturated rings. The predicted molar refractivity (Wildman–Crippen MR) is 174 cm³/mol. The van der Waals surface area contributed by atoms with Gasteiger partial charge in [-0.05, 0) is 125 Å². The molecule has 1 saturated carbocycles. The molecule has 216 valence electrons. The zero-order valence-electron chi connectivity index (χ0n) is 26.1. The Morgan fingerprint density at radius 2 is 1.65 bits per heavy atom. The molecule has 3 heteroatoms. The second-order valence-electron chi connectivity index (χ2n) is 12.8. The summed E-state index contributed by atoms with van der Waals surface area (Å²) in [5.41, 5.74) is 14.1. The van der Waals surface area contributed by atoms with Crippen LogP contribution in [0.1, 0.15) is 102 Å². The van der Waals surface area contributed by atoms with Crippen LogP contribution in [0.3, 0.4) is 0 Å². The molecular weight excluding hydrogens is 486 g/mol. The molecular formula is C37H53N3. The van der Waals surface area contributed by atoms with E-state index in [4.69, 9.17) is 0 Å². The van der Waals surface area contributed by atoms with Crippen LogP contribution in [0.15, 0.2) is 65.1 Å². The van der Waals surface area contributed by atoms with Gasteiger partial charge in [0.15, 0.2) is 0 Å². The summed E-state index contributed by atoms with van der Waals surface area (Å²) in [5.74, 6) is 0. The third-order valence-electron chi connectivity index (χ3n) is 10.2. The number of benzene rings is 1. The summed E-state index contributed by atoms with van der Waals surface area (Å²) in [4.78, 5) is 7.66. The SMILES string of the molecule is C=C1C(Cc2cc(C3=CC=C(CN4CCCCC4)CC3)cc(N(CC)C3CCCCC3)c2C)=C(C)C=C(C)N1C. The Bertz CT molecular complexity index is 1210. The zero-order chi connectivity index (χ0) is 28.2. The molecule has 3 nitrogen and oxygen atoms in total. The standard InChI is InChI=1S/C37H53N3/c1-7-40(35-14-10-8-11-15-35)37-25-34(32-18-16-31(17-19-32)26-39-20-12-9-13-21-39)23-33(29(37)4)24-36-27(2)22-28(3)38(6)30(36)5/h16,18,22-23,25,35H,5,7-15,17,19-21,24,26H2,1-4,6H3. The van der Waals surface area contributed by atoms with Crippen molar-refractivity contribution in [2.24, 2.45) is 0 Å². The van der Waals surface area contributed by atoms with E-state index in [2.05, 4.69) is 86.4 Å². The lowest BCUT2D eigenvalue weighted by atomic mass is 9.86. The highest BCUT2D eigenvalue weighted by Crippen LogP contribution is 2.38. The highest BCUT2D eigenvalue weighted by atomic mass is 15.2. The summed E-state index contributed by atoms with van der Waals surface area (Å²) < 4.78 is 0. The Labute approximate surface area is 245 Å². The first-order valence-corrected chi connectivity index (χ1v) is 16.2. The van der Waals surface area contributed by atoms with Crippen LogP contribution in [0.2, 0.25) is 0 Å². The Hall–Kier alpha value is -2.52. The van der Waals surface area contributed by atoms with Crippen molar-refractivity contribution < 1.29 is 0 Å². The second-order valence-corrected chi connectivity index (χ2v) is 12.8. The van der Waals surface area contributed by atoms with Crippen molar-refractivity contribution in [2.45, 2.75) is 104 Å². The number of hydrogen-bond acceptors (Lipinski definition) is 3. The molecule has 0 atom stereocenters. The fourth-order valence-electron chi connectivity index (χ4n) is 7.47. The third kappa shape index (κ3) is 6.35. The van der Waals surface area contributed by atoms with Crippen LogP contribution in [0.5, 0.6) is 0 Å². The average Bonchev–Trinajstić information content (AvgIpc) is 2.97. The van der Waals surface area contributed by atoms with Crippen molar-refractivity contribution in [1.29, 1.82) is 0 Å². The van der Waals surface area contributed by atoms with E-state index in [0.717, 1.165) is 31.6 Å². The Balaban J connectivity index is 1.50. The molecule has 1 saturated heterocycles. The molecule has 1 aromatic carbocycles. The van der Waals surface area contributed by atoms with Crippen LogP contribution in [-0.4, -0.2) is 49.1 Å². The maximum absolute atomic E-state index is 4.51. The minimum absolute atomic E-state index is 0.666. The number of piperidine rings is 1. The van der Waals surface area contributed by atoms with Crippen LogP contribution < -0.4 is 4.90 Å². The largest absolute Gasteiger partial charge is 0.369 e. The lowest BCUT2D eigenvalue weighted by Crippen LogP contribution is -2.37. The summed E-state index contributed by atoms with van der Waals surface area (Å²) in [6, 6.07) is 5.72. The van der Waals surface area contributed by atoms with E-state index in [9.17, 15) is 0 Å². The van der Waals surface area contributed by atoms with Gasteiger partial charge in [0.25, 0.3) is 0 Å². The van der Waals surface area contributed by atoms with Crippen molar-refractivity contribution in [2.75, 3.05) is 38.1 Å². The molecule has 1 aromatic rings. The van der Waals surface area contributed by atoms with Gasteiger partial charge in [-0.15, -0.1) is 0 Å². The smallest absolute Gasteiger partial charge is 0.0407 e.